The normalized spacial score (nSPS) is 24.1. The third-order valence-corrected chi connectivity index (χ3v) is 4.48. The Bertz CT molecular complexity index is 388. The van der Waals surface area contributed by atoms with Crippen molar-refractivity contribution in [1.29, 1.82) is 0 Å². The molecule has 6 heteroatoms. The monoisotopic (exact) mass is 247 g/mol. The van der Waals surface area contributed by atoms with Crippen LogP contribution in [0.3, 0.4) is 0 Å². The fraction of sp³-hybridized carbons (Fsp3) is 0.800. The van der Waals surface area contributed by atoms with Crippen LogP contribution < -0.4 is 0 Å². The molecule has 16 heavy (non-hydrogen) atoms. The van der Waals surface area contributed by atoms with E-state index in [-0.39, 0.29) is 48.6 Å². The van der Waals surface area contributed by atoms with Gasteiger partial charge >= 0.3 is 0 Å². The largest absolute Gasteiger partial charge is 0.338 e. The Hall–Kier alpha value is -0.910. The molecule has 1 aliphatic rings. The number of carbonyl (C=O) groups is 2. The van der Waals surface area contributed by atoms with Gasteiger partial charge in [-0.3, -0.25) is 4.79 Å². The first kappa shape index (κ1) is 13.2. The molecule has 5 nitrogen and oxygen atoms in total. The lowest BCUT2D eigenvalue weighted by molar-refractivity contribution is -0.134. The van der Waals surface area contributed by atoms with E-state index in [0.29, 0.717) is 0 Å². The number of sulfone groups is 1. The van der Waals surface area contributed by atoms with Gasteiger partial charge in [-0.25, -0.2) is 8.42 Å². The van der Waals surface area contributed by atoms with E-state index in [0.717, 1.165) is 0 Å². The van der Waals surface area contributed by atoms with E-state index in [1.807, 2.05) is 0 Å². The topological polar surface area (TPSA) is 71.5 Å². The fourth-order valence-electron chi connectivity index (χ4n) is 1.80. The lowest BCUT2D eigenvalue weighted by Gasteiger charge is -2.33. The molecule has 0 aromatic rings. The lowest BCUT2D eigenvalue weighted by Crippen LogP contribution is -2.49. The molecule has 1 saturated heterocycles. The van der Waals surface area contributed by atoms with Crippen molar-refractivity contribution in [3.63, 3.8) is 0 Å². The molecule has 0 aliphatic carbocycles. The lowest BCUT2D eigenvalue weighted by atomic mass is 10.2. The van der Waals surface area contributed by atoms with Gasteiger partial charge in [-0.15, -0.1) is 0 Å². The fourth-order valence-corrected chi connectivity index (χ4v) is 3.35. The van der Waals surface area contributed by atoms with Crippen molar-refractivity contribution < 1.29 is 18.0 Å². The minimum absolute atomic E-state index is 0.0226. The highest BCUT2D eigenvalue weighted by atomic mass is 32.2. The number of nitrogens with zero attached hydrogens (tertiary/aromatic N) is 1. The summed E-state index contributed by atoms with van der Waals surface area (Å²) in [6.45, 7) is 3.42. The molecule has 1 fully saturated rings. The second kappa shape index (κ2) is 4.95. The van der Waals surface area contributed by atoms with Crippen molar-refractivity contribution >= 4 is 21.5 Å². The van der Waals surface area contributed by atoms with Crippen molar-refractivity contribution in [1.82, 2.24) is 4.90 Å². The Morgan fingerprint density at radius 1 is 1.31 bits per heavy atom. The molecule has 0 aromatic heterocycles. The van der Waals surface area contributed by atoms with Crippen LogP contribution in [0, 0.1) is 0 Å². The molecule has 1 rings (SSSR count). The maximum atomic E-state index is 11.7. The molecule has 0 saturated carbocycles. The predicted octanol–water partition coefficient (Wildman–Crippen LogP) is 0.00110. The highest BCUT2D eigenvalue weighted by Gasteiger charge is 2.30. The maximum absolute atomic E-state index is 11.7. The van der Waals surface area contributed by atoms with Crippen molar-refractivity contribution in [3.8, 4) is 0 Å². The third-order valence-electron chi connectivity index (χ3n) is 2.68. The van der Waals surface area contributed by atoms with Gasteiger partial charge in [0.2, 0.25) is 5.91 Å². The molecule has 0 N–H and O–H groups in total. The number of ketones is 1. The van der Waals surface area contributed by atoms with Gasteiger partial charge in [0.05, 0.1) is 11.5 Å². The molecule has 0 spiro atoms. The standard InChI is InChI=1S/C10H17NO4S/c1-8-7-16(14,15)6-5-11(8)10(13)4-3-9(2)12/h8H,3-7H2,1-2H3. The van der Waals surface area contributed by atoms with Gasteiger partial charge < -0.3 is 9.69 Å². The predicted molar refractivity (Wildman–Crippen MR) is 59.7 cm³/mol. The van der Waals surface area contributed by atoms with Crippen molar-refractivity contribution in [2.75, 3.05) is 18.1 Å². The summed E-state index contributed by atoms with van der Waals surface area (Å²) in [6, 6.07) is -0.279. The quantitative estimate of drug-likeness (QED) is 0.704. The highest BCUT2D eigenvalue weighted by Crippen LogP contribution is 2.13. The Kier molecular flexibility index (Phi) is 4.07. The average Bonchev–Trinajstić information content (AvgIpc) is 2.12. The number of carbonyl (C=O) groups excluding carboxylic acids is 2. The van der Waals surface area contributed by atoms with Crippen LogP contribution in [0.2, 0.25) is 0 Å². The van der Waals surface area contributed by atoms with Crippen LogP contribution in [0.4, 0.5) is 0 Å². The van der Waals surface area contributed by atoms with Crippen LogP contribution in [0.1, 0.15) is 26.7 Å². The minimum atomic E-state index is -2.99. The van der Waals surface area contributed by atoms with Gasteiger partial charge in [0.25, 0.3) is 0 Å². The van der Waals surface area contributed by atoms with Gasteiger partial charge in [-0.1, -0.05) is 0 Å². The molecule has 1 heterocycles. The second-order valence-electron chi connectivity index (χ2n) is 4.25. The number of hydrogen-bond donors (Lipinski definition) is 0. The van der Waals surface area contributed by atoms with E-state index in [2.05, 4.69) is 0 Å². The van der Waals surface area contributed by atoms with E-state index >= 15 is 0 Å². The van der Waals surface area contributed by atoms with Gasteiger partial charge in [0.1, 0.15) is 5.78 Å². The van der Waals surface area contributed by atoms with Gasteiger partial charge in [0, 0.05) is 25.4 Å². The van der Waals surface area contributed by atoms with Crippen molar-refractivity contribution in [3.05, 3.63) is 0 Å². The van der Waals surface area contributed by atoms with E-state index in [1.165, 1.54) is 6.92 Å². The molecular weight excluding hydrogens is 230 g/mol. The minimum Gasteiger partial charge on any atom is -0.338 e. The zero-order chi connectivity index (χ0) is 12.3. The molecule has 1 atom stereocenters. The van der Waals surface area contributed by atoms with Crippen LogP contribution in [-0.2, 0) is 19.4 Å². The van der Waals surface area contributed by atoms with Crippen LogP contribution >= 0.6 is 0 Å². The van der Waals surface area contributed by atoms with E-state index in [9.17, 15) is 18.0 Å². The Labute approximate surface area is 95.7 Å². The summed E-state index contributed by atoms with van der Waals surface area (Å²) in [6.07, 6.45) is 0.411. The van der Waals surface area contributed by atoms with Crippen molar-refractivity contribution in [2.45, 2.75) is 32.7 Å². The molecule has 1 aliphatic heterocycles. The first-order chi connectivity index (χ1) is 7.32. The summed E-state index contributed by atoms with van der Waals surface area (Å²) in [4.78, 5) is 24.0. The Morgan fingerprint density at radius 2 is 1.94 bits per heavy atom. The first-order valence-corrected chi connectivity index (χ1v) is 7.13. The third kappa shape index (κ3) is 3.59. The molecule has 92 valence electrons. The van der Waals surface area contributed by atoms with Crippen LogP contribution in [0.5, 0.6) is 0 Å². The SMILES string of the molecule is CC(=O)CCC(=O)N1CCS(=O)(=O)CC1C. The summed E-state index contributed by atoms with van der Waals surface area (Å²) < 4.78 is 22.6. The summed E-state index contributed by atoms with van der Waals surface area (Å²) in [5.74, 6) is -0.0923. The Balaban J connectivity index is 2.55. The van der Waals surface area contributed by atoms with E-state index in [1.54, 1.807) is 11.8 Å². The summed E-state index contributed by atoms with van der Waals surface area (Å²) >= 11 is 0. The number of Topliss-reactive ketones (excluding diaryl/α,β-unsaturated/α-hetero) is 1. The van der Waals surface area contributed by atoms with Crippen LogP contribution in [0.25, 0.3) is 0 Å². The maximum Gasteiger partial charge on any atom is 0.223 e. The van der Waals surface area contributed by atoms with Crippen LogP contribution in [0.15, 0.2) is 0 Å². The van der Waals surface area contributed by atoms with Gasteiger partial charge in [-0.05, 0) is 13.8 Å². The average molecular weight is 247 g/mol. The van der Waals surface area contributed by atoms with E-state index < -0.39 is 9.84 Å². The van der Waals surface area contributed by atoms with Gasteiger partial charge in [-0.2, -0.15) is 0 Å². The zero-order valence-corrected chi connectivity index (χ0v) is 10.4. The smallest absolute Gasteiger partial charge is 0.223 e. The molecule has 0 radical (unpaired) electrons. The molecule has 1 amide bonds. The molecule has 0 aromatic carbocycles. The number of amides is 1. The number of hydrogen-bond acceptors (Lipinski definition) is 4. The van der Waals surface area contributed by atoms with Gasteiger partial charge in [0.15, 0.2) is 9.84 Å². The summed E-state index contributed by atoms with van der Waals surface area (Å²) in [5.41, 5.74) is 0. The van der Waals surface area contributed by atoms with Crippen molar-refractivity contribution in [2.24, 2.45) is 0 Å². The molecule has 1 unspecified atom stereocenters. The summed E-state index contributed by atoms with van der Waals surface area (Å²) in [5, 5.41) is 0. The first-order valence-electron chi connectivity index (χ1n) is 5.31. The molecule has 0 bridgehead atoms. The van der Waals surface area contributed by atoms with Crippen LogP contribution in [-0.4, -0.2) is 49.1 Å². The molecular formula is C10H17NO4S. The zero-order valence-electron chi connectivity index (χ0n) is 9.60. The number of rotatable bonds is 3. The Morgan fingerprint density at radius 3 is 2.44 bits per heavy atom. The van der Waals surface area contributed by atoms with E-state index in [4.69, 9.17) is 0 Å². The summed E-state index contributed by atoms with van der Waals surface area (Å²) in [7, 11) is -2.99. The second-order valence-corrected chi connectivity index (χ2v) is 6.48. The highest BCUT2D eigenvalue weighted by molar-refractivity contribution is 7.91.